The molecule has 0 fully saturated rings. The Morgan fingerprint density at radius 2 is 1.89 bits per heavy atom. The van der Waals surface area contributed by atoms with Crippen LogP contribution in [0.4, 0.5) is 5.69 Å². The molecular weight excluding hydrogens is 425 g/mol. The van der Waals surface area contributed by atoms with E-state index in [1.165, 1.54) is 32.5 Å². The summed E-state index contributed by atoms with van der Waals surface area (Å²) in [6.45, 7) is 0.365. The standard InChI is InChI=1S/C18H17Cl2N3O4S/c1-26-15-5-6-18(17(8-15)27-2)28(24,25)22-14-9-21-23(11-14)10-12-3-4-13(19)7-16(12)20/h3-9,11,22H,10H2,1-2H3. The first-order valence-corrected chi connectivity index (χ1v) is 10.3. The molecule has 3 rings (SSSR count). The minimum Gasteiger partial charge on any atom is -0.497 e. The van der Waals surface area contributed by atoms with Gasteiger partial charge in [-0.15, -0.1) is 0 Å². The SMILES string of the molecule is COc1ccc(S(=O)(=O)Nc2cnn(Cc3ccc(Cl)cc3Cl)c2)c(OC)c1. The number of hydrogen-bond donors (Lipinski definition) is 1. The largest absolute Gasteiger partial charge is 0.497 e. The third kappa shape index (κ3) is 4.52. The maximum absolute atomic E-state index is 12.7. The van der Waals surface area contributed by atoms with Crippen LogP contribution in [0.5, 0.6) is 11.5 Å². The molecular formula is C18H17Cl2N3O4S. The van der Waals surface area contributed by atoms with E-state index in [1.54, 1.807) is 35.1 Å². The van der Waals surface area contributed by atoms with Gasteiger partial charge in [0.2, 0.25) is 0 Å². The average molecular weight is 442 g/mol. The molecule has 1 N–H and O–H groups in total. The number of ether oxygens (including phenoxy) is 2. The molecule has 0 bridgehead atoms. The highest BCUT2D eigenvalue weighted by Crippen LogP contribution is 2.30. The van der Waals surface area contributed by atoms with E-state index in [1.807, 2.05) is 0 Å². The minimum atomic E-state index is -3.88. The van der Waals surface area contributed by atoms with E-state index in [4.69, 9.17) is 32.7 Å². The van der Waals surface area contributed by atoms with E-state index in [9.17, 15) is 8.42 Å². The fourth-order valence-corrected chi connectivity index (χ4v) is 4.18. The molecule has 0 aliphatic carbocycles. The number of nitrogens with one attached hydrogen (secondary N) is 1. The van der Waals surface area contributed by atoms with Crippen molar-refractivity contribution < 1.29 is 17.9 Å². The Kier molecular flexibility index (Phi) is 6.02. The van der Waals surface area contributed by atoms with Gasteiger partial charge in [-0.2, -0.15) is 5.10 Å². The van der Waals surface area contributed by atoms with Crippen molar-refractivity contribution in [1.29, 1.82) is 0 Å². The predicted molar refractivity (Wildman–Crippen MR) is 108 cm³/mol. The lowest BCUT2D eigenvalue weighted by Gasteiger charge is -2.11. The predicted octanol–water partition coefficient (Wildman–Crippen LogP) is 4.06. The van der Waals surface area contributed by atoms with Gasteiger partial charge in [0.1, 0.15) is 16.4 Å². The Hall–Kier alpha value is -2.42. The van der Waals surface area contributed by atoms with E-state index in [2.05, 4.69) is 9.82 Å². The van der Waals surface area contributed by atoms with Crippen LogP contribution in [0, 0.1) is 0 Å². The molecule has 10 heteroatoms. The smallest absolute Gasteiger partial charge is 0.265 e. The molecule has 0 unspecified atom stereocenters. The molecule has 0 saturated carbocycles. The third-order valence-corrected chi connectivity index (χ3v) is 5.90. The van der Waals surface area contributed by atoms with Gasteiger partial charge < -0.3 is 9.47 Å². The second-order valence-corrected chi connectivity index (χ2v) is 8.28. The molecule has 28 heavy (non-hydrogen) atoms. The number of rotatable bonds is 7. The number of anilines is 1. The van der Waals surface area contributed by atoms with E-state index in [0.29, 0.717) is 28.0 Å². The molecule has 0 atom stereocenters. The first-order valence-electron chi connectivity index (χ1n) is 8.03. The molecule has 0 aliphatic heterocycles. The van der Waals surface area contributed by atoms with Crippen LogP contribution < -0.4 is 14.2 Å². The van der Waals surface area contributed by atoms with E-state index >= 15 is 0 Å². The van der Waals surface area contributed by atoms with Crippen LogP contribution in [-0.4, -0.2) is 32.4 Å². The zero-order valence-corrected chi connectivity index (χ0v) is 17.3. The zero-order valence-electron chi connectivity index (χ0n) is 15.0. The summed E-state index contributed by atoms with van der Waals surface area (Å²) in [4.78, 5) is -0.00991. The molecule has 0 radical (unpaired) electrons. The van der Waals surface area contributed by atoms with Crippen LogP contribution in [0.1, 0.15) is 5.56 Å². The minimum absolute atomic E-state index is 0.00991. The average Bonchev–Trinajstić information content (AvgIpc) is 3.09. The number of benzene rings is 2. The molecule has 0 saturated heterocycles. The van der Waals surface area contributed by atoms with Crippen molar-refractivity contribution in [3.63, 3.8) is 0 Å². The molecule has 148 valence electrons. The van der Waals surface area contributed by atoms with E-state index < -0.39 is 10.0 Å². The number of aromatic nitrogens is 2. The molecule has 0 spiro atoms. The van der Waals surface area contributed by atoms with Crippen molar-refractivity contribution >= 4 is 38.9 Å². The van der Waals surface area contributed by atoms with Gasteiger partial charge in [-0.25, -0.2) is 8.42 Å². The maximum Gasteiger partial charge on any atom is 0.265 e. The summed E-state index contributed by atoms with van der Waals surface area (Å²) < 4.78 is 39.8. The van der Waals surface area contributed by atoms with Gasteiger partial charge in [-0.1, -0.05) is 29.3 Å². The summed E-state index contributed by atoms with van der Waals surface area (Å²) in [5, 5.41) is 5.22. The van der Waals surface area contributed by atoms with Gasteiger partial charge in [0, 0.05) is 22.3 Å². The van der Waals surface area contributed by atoms with Crippen LogP contribution in [0.25, 0.3) is 0 Å². The molecule has 3 aromatic rings. The van der Waals surface area contributed by atoms with Gasteiger partial charge in [0.15, 0.2) is 0 Å². The van der Waals surface area contributed by atoms with Crippen molar-refractivity contribution in [3.05, 3.63) is 64.4 Å². The number of halogens is 2. The second kappa shape index (κ2) is 8.30. The number of methoxy groups -OCH3 is 2. The van der Waals surface area contributed by atoms with Crippen LogP contribution in [0.3, 0.4) is 0 Å². The summed E-state index contributed by atoms with van der Waals surface area (Å²) in [5.74, 6) is 0.663. The topological polar surface area (TPSA) is 82.5 Å². The summed E-state index contributed by atoms with van der Waals surface area (Å²) in [7, 11) is -1.00. The monoisotopic (exact) mass is 441 g/mol. The Bertz CT molecular complexity index is 1100. The van der Waals surface area contributed by atoms with Gasteiger partial charge in [0.25, 0.3) is 10.0 Å². The third-order valence-electron chi connectivity index (χ3n) is 3.89. The van der Waals surface area contributed by atoms with Gasteiger partial charge in [0.05, 0.1) is 32.6 Å². The fourth-order valence-electron chi connectivity index (χ4n) is 2.53. The van der Waals surface area contributed by atoms with Crippen molar-refractivity contribution in [3.8, 4) is 11.5 Å². The number of sulfonamides is 1. The second-order valence-electron chi connectivity index (χ2n) is 5.78. The quantitative estimate of drug-likeness (QED) is 0.597. The van der Waals surface area contributed by atoms with Gasteiger partial charge in [-0.3, -0.25) is 9.40 Å². The molecule has 1 aromatic heterocycles. The molecule has 1 heterocycles. The molecule has 2 aromatic carbocycles. The number of hydrogen-bond acceptors (Lipinski definition) is 5. The number of nitrogens with zero attached hydrogens (tertiary/aromatic N) is 2. The molecule has 0 amide bonds. The fraction of sp³-hybridized carbons (Fsp3) is 0.167. The summed E-state index contributed by atoms with van der Waals surface area (Å²) in [5.41, 5.74) is 1.11. The van der Waals surface area contributed by atoms with Crippen LogP contribution in [0.15, 0.2) is 53.7 Å². The first kappa shape index (κ1) is 20.3. The normalized spacial score (nSPS) is 11.3. The van der Waals surface area contributed by atoms with Crippen molar-refractivity contribution in [2.24, 2.45) is 0 Å². The van der Waals surface area contributed by atoms with Crippen LogP contribution >= 0.6 is 23.2 Å². The van der Waals surface area contributed by atoms with E-state index in [-0.39, 0.29) is 10.6 Å². The lowest BCUT2D eigenvalue weighted by molar-refractivity contribution is 0.386. The lowest BCUT2D eigenvalue weighted by Crippen LogP contribution is -2.13. The Morgan fingerprint density at radius 1 is 1.11 bits per heavy atom. The van der Waals surface area contributed by atoms with Gasteiger partial charge in [-0.05, 0) is 29.8 Å². The van der Waals surface area contributed by atoms with Crippen LogP contribution in [0.2, 0.25) is 10.0 Å². The summed E-state index contributed by atoms with van der Waals surface area (Å²) >= 11 is 12.1. The molecule has 0 aliphatic rings. The maximum atomic E-state index is 12.7. The van der Waals surface area contributed by atoms with Crippen molar-refractivity contribution in [2.75, 3.05) is 18.9 Å². The van der Waals surface area contributed by atoms with E-state index in [0.717, 1.165) is 5.56 Å². The Balaban J connectivity index is 1.80. The summed E-state index contributed by atoms with van der Waals surface area (Å²) in [6, 6.07) is 9.62. The van der Waals surface area contributed by atoms with Crippen molar-refractivity contribution in [2.45, 2.75) is 11.4 Å². The van der Waals surface area contributed by atoms with Crippen molar-refractivity contribution in [1.82, 2.24) is 9.78 Å². The highest BCUT2D eigenvalue weighted by atomic mass is 35.5. The highest BCUT2D eigenvalue weighted by molar-refractivity contribution is 7.92. The van der Waals surface area contributed by atoms with Crippen LogP contribution in [-0.2, 0) is 16.6 Å². The lowest BCUT2D eigenvalue weighted by atomic mass is 10.2. The van der Waals surface area contributed by atoms with Gasteiger partial charge >= 0.3 is 0 Å². The summed E-state index contributed by atoms with van der Waals surface area (Å²) in [6.07, 6.45) is 2.98. The Morgan fingerprint density at radius 3 is 2.57 bits per heavy atom. The zero-order chi connectivity index (χ0) is 20.3. The molecule has 7 nitrogen and oxygen atoms in total. The Labute approximate surface area is 172 Å². The first-order chi connectivity index (χ1) is 13.3. The highest BCUT2D eigenvalue weighted by Gasteiger charge is 2.21.